The SMILES string of the molecule is CC(C)C(=O)Cc1cc(Cl)cc(OCCO)c1. The third-order valence-corrected chi connectivity index (χ3v) is 2.53. The molecule has 1 aromatic carbocycles. The monoisotopic (exact) mass is 256 g/mol. The van der Waals surface area contributed by atoms with Gasteiger partial charge in [0, 0.05) is 17.4 Å². The molecule has 0 fully saturated rings. The molecule has 0 heterocycles. The molecule has 0 unspecified atom stereocenters. The summed E-state index contributed by atoms with van der Waals surface area (Å²) in [6, 6.07) is 5.20. The lowest BCUT2D eigenvalue weighted by Crippen LogP contribution is -2.10. The average molecular weight is 257 g/mol. The molecule has 0 saturated heterocycles. The van der Waals surface area contributed by atoms with E-state index in [-0.39, 0.29) is 24.9 Å². The quantitative estimate of drug-likeness (QED) is 0.851. The number of ether oxygens (including phenoxy) is 1. The number of aliphatic hydroxyl groups excluding tert-OH is 1. The smallest absolute Gasteiger partial charge is 0.139 e. The molecule has 4 heteroatoms. The van der Waals surface area contributed by atoms with Crippen LogP contribution in [-0.2, 0) is 11.2 Å². The molecule has 94 valence electrons. The third-order valence-electron chi connectivity index (χ3n) is 2.31. The average Bonchev–Trinajstić information content (AvgIpc) is 2.25. The van der Waals surface area contributed by atoms with Crippen molar-refractivity contribution in [3.63, 3.8) is 0 Å². The second-order valence-electron chi connectivity index (χ2n) is 4.17. The van der Waals surface area contributed by atoms with Crippen LogP contribution in [0.15, 0.2) is 18.2 Å². The van der Waals surface area contributed by atoms with Crippen LogP contribution >= 0.6 is 11.6 Å². The van der Waals surface area contributed by atoms with Gasteiger partial charge in [-0.2, -0.15) is 0 Å². The van der Waals surface area contributed by atoms with E-state index in [1.54, 1.807) is 18.2 Å². The van der Waals surface area contributed by atoms with Crippen LogP contribution in [0, 0.1) is 5.92 Å². The topological polar surface area (TPSA) is 46.5 Å². The predicted molar refractivity (Wildman–Crippen MR) is 67.6 cm³/mol. The fourth-order valence-corrected chi connectivity index (χ4v) is 1.62. The standard InChI is InChI=1S/C13H17ClO3/c1-9(2)13(16)7-10-5-11(14)8-12(6-10)17-4-3-15/h5-6,8-9,15H,3-4,7H2,1-2H3. The molecule has 1 rings (SSSR count). The van der Waals surface area contributed by atoms with Crippen LogP contribution in [0.5, 0.6) is 5.75 Å². The van der Waals surface area contributed by atoms with E-state index in [1.165, 1.54) is 0 Å². The molecule has 0 spiro atoms. The molecule has 1 N–H and O–H groups in total. The van der Waals surface area contributed by atoms with Crippen molar-refractivity contribution >= 4 is 17.4 Å². The fraction of sp³-hybridized carbons (Fsp3) is 0.462. The Hall–Kier alpha value is -1.06. The second kappa shape index (κ2) is 6.62. The Kier molecular flexibility index (Phi) is 5.45. The van der Waals surface area contributed by atoms with Gasteiger partial charge < -0.3 is 9.84 Å². The number of benzene rings is 1. The Morgan fingerprint density at radius 1 is 1.41 bits per heavy atom. The Labute approximate surface area is 106 Å². The maximum Gasteiger partial charge on any atom is 0.139 e. The van der Waals surface area contributed by atoms with Crippen LogP contribution in [0.1, 0.15) is 19.4 Å². The van der Waals surface area contributed by atoms with Gasteiger partial charge in [-0.1, -0.05) is 25.4 Å². The zero-order valence-electron chi connectivity index (χ0n) is 10.1. The predicted octanol–water partition coefficient (Wildman–Crippen LogP) is 2.48. The van der Waals surface area contributed by atoms with Gasteiger partial charge in [-0.25, -0.2) is 0 Å². The van der Waals surface area contributed by atoms with Gasteiger partial charge in [0.2, 0.25) is 0 Å². The van der Waals surface area contributed by atoms with E-state index in [1.807, 2.05) is 13.8 Å². The van der Waals surface area contributed by atoms with Crippen molar-refractivity contribution in [2.24, 2.45) is 5.92 Å². The molecule has 0 bridgehead atoms. The first kappa shape index (κ1) is 14.0. The Morgan fingerprint density at radius 3 is 2.71 bits per heavy atom. The van der Waals surface area contributed by atoms with Gasteiger partial charge in [0.05, 0.1) is 6.61 Å². The van der Waals surface area contributed by atoms with E-state index in [0.717, 1.165) is 5.56 Å². The van der Waals surface area contributed by atoms with Crippen molar-refractivity contribution < 1.29 is 14.6 Å². The lowest BCUT2D eigenvalue weighted by atomic mass is 10.0. The van der Waals surface area contributed by atoms with E-state index in [9.17, 15) is 4.79 Å². The first-order chi connectivity index (χ1) is 8.02. The van der Waals surface area contributed by atoms with Crippen LogP contribution in [0.25, 0.3) is 0 Å². The van der Waals surface area contributed by atoms with Gasteiger partial charge in [-0.3, -0.25) is 4.79 Å². The highest BCUT2D eigenvalue weighted by molar-refractivity contribution is 6.30. The van der Waals surface area contributed by atoms with Crippen LogP contribution in [-0.4, -0.2) is 24.1 Å². The van der Waals surface area contributed by atoms with Crippen LogP contribution in [0.3, 0.4) is 0 Å². The van der Waals surface area contributed by atoms with Crippen molar-refractivity contribution in [2.45, 2.75) is 20.3 Å². The fourth-order valence-electron chi connectivity index (χ4n) is 1.37. The minimum absolute atomic E-state index is 0.00999. The number of ketones is 1. The van der Waals surface area contributed by atoms with Gasteiger partial charge >= 0.3 is 0 Å². The van der Waals surface area contributed by atoms with E-state index < -0.39 is 0 Å². The lowest BCUT2D eigenvalue weighted by molar-refractivity contribution is -0.121. The first-order valence-corrected chi connectivity index (χ1v) is 5.96. The van der Waals surface area contributed by atoms with Gasteiger partial charge in [0.15, 0.2) is 0 Å². The minimum Gasteiger partial charge on any atom is -0.491 e. The number of aliphatic hydroxyl groups is 1. The maximum atomic E-state index is 11.6. The van der Waals surface area contributed by atoms with E-state index >= 15 is 0 Å². The molecule has 0 amide bonds. The Balaban J connectivity index is 2.78. The summed E-state index contributed by atoms with van der Waals surface area (Å²) >= 11 is 5.94. The number of Topliss-reactive ketones (excluding diaryl/α,β-unsaturated/α-hetero) is 1. The highest BCUT2D eigenvalue weighted by atomic mass is 35.5. The normalized spacial score (nSPS) is 10.6. The van der Waals surface area contributed by atoms with Crippen molar-refractivity contribution in [1.29, 1.82) is 0 Å². The van der Waals surface area contributed by atoms with E-state index in [0.29, 0.717) is 17.2 Å². The summed E-state index contributed by atoms with van der Waals surface area (Å²) in [5.74, 6) is 0.759. The van der Waals surface area contributed by atoms with Crippen molar-refractivity contribution in [3.8, 4) is 5.75 Å². The molecule has 0 aliphatic carbocycles. The summed E-state index contributed by atoms with van der Waals surface area (Å²) in [4.78, 5) is 11.6. The van der Waals surface area contributed by atoms with Gasteiger partial charge in [-0.15, -0.1) is 0 Å². The maximum absolute atomic E-state index is 11.6. The molecular formula is C13H17ClO3. The van der Waals surface area contributed by atoms with Crippen molar-refractivity contribution in [1.82, 2.24) is 0 Å². The highest BCUT2D eigenvalue weighted by Gasteiger charge is 2.10. The summed E-state index contributed by atoms with van der Waals surface area (Å²) < 4.78 is 5.27. The number of hydrogen-bond donors (Lipinski definition) is 1. The molecule has 0 atom stereocenters. The number of halogens is 1. The van der Waals surface area contributed by atoms with Gasteiger partial charge in [-0.05, 0) is 23.8 Å². The van der Waals surface area contributed by atoms with E-state index in [2.05, 4.69) is 0 Å². The lowest BCUT2D eigenvalue weighted by Gasteiger charge is -2.09. The largest absolute Gasteiger partial charge is 0.491 e. The molecule has 0 aliphatic heterocycles. The van der Waals surface area contributed by atoms with Crippen LogP contribution < -0.4 is 4.74 Å². The Morgan fingerprint density at radius 2 is 2.12 bits per heavy atom. The van der Waals surface area contributed by atoms with Crippen molar-refractivity contribution in [2.75, 3.05) is 13.2 Å². The van der Waals surface area contributed by atoms with Crippen LogP contribution in [0.4, 0.5) is 0 Å². The molecular weight excluding hydrogens is 240 g/mol. The van der Waals surface area contributed by atoms with E-state index in [4.69, 9.17) is 21.4 Å². The molecule has 0 aliphatic rings. The third kappa shape index (κ3) is 4.75. The molecule has 17 heavy (non-hydrogen) atoms. The zero-order valence-corrected chi connectivity index (χ0v) is 10.8. The molecule has 3 nitrogen and oxygen atoms in total. The second-order valence-corrected chi connectivity index (χ2v) is 4.60. The first-order valence-electron chi connectivity index (χ1n) is 5.58. The zero-order chi connectivity index (χ0) is 12.8. The summed E-state index contributed by atoms with van der Waals surface area (Å²) in [5, 5.41) is 9.21. The summed E-state index contributed by atoms with van der Waals surface area (Å²) in [6.07, 6.45) is 0.355. The van der Waals surface area contributed by atoms with Gasteiger partial charge in [0.25, 0.3) is 0 Å². The number of carbonyl (C=O) groups is 1. The highest BCUT2D eigenvalue weighted by Crippen LogP contribution is 2.22. The Bertz CT molecular complexity index is 388. The number of hydrogen-bond acceptors (Lipinski definition) is 3. The summed E-state index contributed by atoms with van der Waals surface area (Å²) in [6.45, 7) is 3.91. The summed E-state index contributed by atoms with van der Waals surface area (Å²) in [7, 11) is 0. The van der Waals surface area contributed by atoms with Crippen LogP contribution in [0.2, 0.25) is 5.02 Å². The van der Waals surface area contributed by atoms with Gasteiger partial charge in [0.1, 0.15) is 18.1 Å². The molecule has 0 aromatic heterocycles. The number of carbonyl (C=O) groups excluding carboxylic acids is 1. The molecule has 1 aromatic rings. The molecule has 0 saturated carbocycles. The number of rotatable bonds is 6. The van der Waals surface area contributed by atoms with Crippen molar-refractivity contribution in [3.05, 3.63) is 28.8 Å². The molecule has 0 radical (unpaired) electrons. The minimum atomic E-state index is -0.0488. The summed E-state index contributed by atoms with van der Waals surface area (Å²) in [5.41, 5.74) is 0.837.